The van der Waals surface area contributed by atoms with Gasteiger partial charge >= 0.3 is 0 Å². The average molecular weight is 730 g/mol. The van der Waals surface area contributed by atoms with Gasteiger partial charge in [-0.25, -0.2) is 0 Å². The van der Waals surface area contributed by atoms with E-state index in [2.05, 4.69) is 21.3 Å². The topological polar surface area (TPSA) is 189 Å². The van der Waals surface area contributed by atoms with Gasteiger partial charge in [-0.1, -0.05) is 74.5 Å². The Bertz CT molecular complexity index is 1550. The Balaban J connectivity index is 1.24. The Labute approximate surface area is 314 Å². The molecule has 3 aliphatic rings. The number of piperidine rings is 1. The third-order valence-corrected chi connectivity index (χ3v) is 11.3. The van der Waals surface area contributed by atoms with Crippen molar-refractivity contribution in [2.75, 3.05) is 26.2 Å². The van der Waals surface area contributed by atoms with E-state index in [0.717, 1.165) is 49.8 Å². The van der Waals surface area contributed by atoms with E-state index in [4.69, 9.17) is 11.5 Å². The van der Waals surface area contributed by atoms with Crippen LogP contribution in [-0.4, -0.2) is 84.8 Å². The quantitative estimate of drug-likeness (QED) is 0.135. The molecule has 1 saturated carbocycles. The first kappa shape index (κ1) is 39.9. The van der Waals surface area contributed by atoms with E-state index >= 15 is 0 Å². The van der Waals surface area contributed by atoms with Crippen molar-refractivity contribution in [1.29, 1.82) is 0 Å². The van der Waals surface area contributed by atoms with Crippen molar-refractivity contribution in [2.45, 2.75) is 109 Å². The normalized spacial score (nSPS) is 19.5. The summed E-state index contributed by atoms with van der Waals surface area (Å²) in [5.74, 6) is -1.33. The first-order chi connectivity index (χ1) is 25.4. The number of carbonyl (C=O) groups is 5. The van der Waals surface area contributed by atoms with Gasteiger partial charge in [0.25, 0.3) is 0 Å². The van der Waals surface area contributed by atoms with Crippen LogP contribution in [0.2, 0.25) is 0 Å². The summed E-state index contributed by atoms with van der Waals surface area (Å²) in [6.07, 6.45) is 7.07. The summed E-state index contributed by atoms with van der Waals surface area (Å²) in [5, 5.41) is 11.8. The maximum atomic E-state index is 14.0. The zero-order valence-electron chi connectivity index (χ0n) is 31.4. The fraction of sp³-hybridized carbons (Fsp3) is 0.585. The highest BCUT2D eigenvalue weighted by molar-refractivity contribution is 5.95. The molecule has 4 atom stereocenters. The second-order valence-corrected chi connectivity index (χ2v) is 16.2. The smallest absolute Gasteiger partial charge is 0.245 e. The first-order valence-electron chi connectivity index (χ1n) is 19.4. The zero-order chi connectivity index (χ0) is 38.0. The lowest BCUT2D eigenvalue weighted by atomic mass is 9.49. The summed E-state index contributed by atoms with van der Waals surface area (Å²) in [6, 6.07) is 15.3. The molecule has 3 fully saturated rings. The minimum atomic E-state index is -0.986. The predicted octanol–water partition coefficient (Wildman–Crippen LogP) is 2.34. The maximum Gasteiger partial charge on any atom is 0.245 e. The fourth-order valence-corrected chi connectivity index (χ4v) is 8.61. The van der Waals surface area contributed by atoms with Gasteiger partial charge in [0.05, 0.1) is 6.04 Å². The van der Waals surface area contributed by atoms with Gasteiger partial charge in [0, 0.05) is 32.5 Å². The summed E-state index contributed by atoms with van der Waals surface area (Å²) < 4.78 is 0. The van der Waals surface area contributed by atoms with Crippen molar-refractivity contribution >= 4 is 29.5 Å². The van der Waals surface area contributed by atoms with Crippen molar-refractivity contribution < 1.29 is 24.0 Å². The van der Waals surface area contributed by atoms with Crippen LogP contribution in [0.1, 0.15) is 82.8 Å². The van der Waals surface area contributed by atoms with Crippen LogP contribution in [0.5, 0.6) is 0 Å². The predicted molar refractivity (Wildman–Crippen MR) is 204 cm³/mol. The third-order valence-electron chi connectivity index (χ3n) is 11.3. The molecule has 2 aliphatic heterocycles. The molecule has 0 bridgehead atoms. The lowest BCUT2D eigenvalue weighted by Crippen LogP contribution is -2.59. The van der Waals surface area contributed by atoms with E-state index in [1.165, 1.54) is 0 Å². The van der Waals surface area contributed by atoms with E-state index < -0.39 is 41.9 Å². The van der Waals surface area contributed by atoms with Gasteiger partial charge in [-0.3, -0.25) is 24.0 Å². The van der Waals surface area contributed by atoms with E-state index in [9.17, 15) is 24.0 Å². The number of rotatable bonds is 17. The van der Waals surface area contributed by atoms with Gasteiger partial charge in [0.15, 0.2) is 0 Å². The molecular formula is C41H59N7O5. The first-order valence-corrected chi connectivity index (χ1v) is 19.4. The summed E-state index contributed by atoms with van der Waals surface area (Å²) in [6.45, 7) is 6.39. The highest BCUT2D eigenvalue weighted by Gasteiger charge is 2.57. The average Bonchev–Trinajstić information content (AvgIpc) is 3.51. The van der Waals surface area contributed by atoms with Crippen molar-refractivity contribution in [3.63, 3.8) is 0 Å². The van der Waals surface area contributed by atoms with E-state index in [1.807, 2.05) is 79.4 Å². The number of carbonyl (C=O) groups excluding carboxylic acids is 5. The highest BCUT2D eigenvalue weighted by Crippen LogP contribution is 2.62. The molecule has 8 N–H and O–H groups in total. The molecule has 12 nitrogen and oxygen atoms in total. The Hall–Kier alpha value is -4.29. The second-order valence-electron chi connectivity index (χ2n) is 16.2. The van der Waals surface area contributed by atoms with Gasteiger partial charge in [-0.15, -0.1) is 0 Å². The summed E-state index contributed by atoms with van der Waals surface area (Å²) in [4.78, 5) is 69.1. The molecule has 2 aromatic rings. The molecule has 1 aliphatic carbocycles. The number of nitrogens with one attached hydrogen (secondary N) is 4. The van der Waals surface area contributed by atoms with Gasteiger partial charge < -0.3 is 37.6 Å². The van der Waals surface area contributed by atoms with Crippen LogP contribution >= 0.6 is 0 Å². The van der Waals surface area contributed by atoms with Crippen molar-refractivity contribution in [1.82, 2.24) is 26.2 Å². The van der Waals surface area contributed by atoms with Crippen molar-refractivity contribution in [3.05, 3.63) is 71.8 Å². The van der Waals surface area contributed by atoms with Gasteiger partial charge in [0.2, 0.25) is 29.5 Å². The number of nitrogens with two attached hydrogens (primary N) is 2. The molecular weight excluding hydrogens is 670 g/mol. The van der Waals surface area contributed by atoms with Crippen LogP contribution in [0.25, 0.3) is 0 Å². The van der Waals surface area contributed by atoms with E-state index in [0.29, 0.717) is 51.7 Å². The van der Waals surface area contributed by atoms with Crippen LogP contribution in [-0.2, 0) is 36.8 Å². The number of hydrogen-bond donors (Lipinski definition) is 6. The summed E-state index contributed by atoms with van der Waals surface area (Å²) in [5.41, 5.74) is 14.1. The number of unbranched alkanes of at least 4 members (excludes halogenated alkanes) is 1. The Kier molecular flexibility index (Phi) is 13.7. The summed E-state index contributed by atoms with van der Waals surface area (Å²) in [7, 11) is 0. The molecule has 0 radical (unpaired) electrons. The van der Waals surface area contributed by atoms with E-state index in [1.54, 1.807) is 0 Å². The molecule has 2 spiro atoms. The maximum absolute atomic E-state index is 14.0. The number of nitrogens with zero attached hydrogens (tertiary/aromatic N) is 1. The van der Waals surface area contributed by atoms with Gasteiger partial charge in [-0.05, 0) is 92.2 Å². The molecule has 2 aromatic carbocycles. The zero-order valence-corrected chi connectivity index (χ0v) is 31.4. The van der Waals surface area contributed by atoms with E-state index in [-0.39, 0.29) is 35.0 Å². The molecule has 12 heteroatoms. The lowest BCUT2D eigenvalue weighted by Gasteiger charge is -2.57. The molecule has 2 saturated heterocycles. The van der Waals surface area contributed by atoms with Crippen molar-refractivity contribution in [3.8, 4) is 0 Å². The number of benzene rings is 2. The molecule has 5 rings (SSSR count). The monoisotopic (exact) mass is 729 g/mol. The number of likely N-dealkylation sites (tertiary alicyclic amines) is 1. The Morgan fingerprint density at radius 1 is 0.774 bits per heavy atom. The molecule has 53 heavy (non-hydrogen) atoms. The number of amides is 5. The minimum Gasteiger partial charge on any atom is -0.356 e. The molecule has 4 unspecified atom stereocenters. The van der Waals surface area contributed by atoms with Crippen LogP contribution < -0.4 is 32.7 Å². The van der Waals surface area contributed by atoms with Crippen LogP contribution in [0.15, 0.2) is 60.7 Å². The summed E-state index contributed by atoms with van der Waals surface area (Å²) >= 11 is 0. The molecule has 288 valence electrons. The lowest BCUT2D eigenvalue weighted by molar-refractivity contribution is -0.143. The van der Waals surface area contributed by atoms with Gasteiger partial charge in [-0.2, -0.15) is 0 Å². The standard InChI is InChI=1S/C41H59N7O5/c1-28(2)21-33(47-38(52)34(23-30-13-7-4-8-14-30)46-36(50)31(43)22-29-11-5-3-6-12-29)37(51)45-32(15-9-10-18-42)39(53)48-19-16-40(17-20-48)25-41(26-40)24-35(49)44-27-41/h3-8,11-14,28,31-34H,9-10,15-27,42-43H2,1-2H3,(H,44,49)(H,45,51)(H,46,50)(H,47,52). The molecule has 0 aromatic heterocycles. The SMILES string of the molecule is CC(C)CC(NC(=O)C(Cc1ccccc1)NC(=O)C(N)Cc1ccccc1)C(=O)NC(CCCCN)C(=O)N1CCC2(CC1)CC1(CNC(=O)C1)C2. The second kappa shape index (κ2) is 18.2. The Morgan fingerprint density at radius 3 is 1.91 bits per heavy atom. The third kappa shape index (κ3) is 10.9. The van der Waals surface area contributed by atoms with Gasteiger partial charge in [0.1, 0.15) is 18.1 Å². The Morgan fingerprint density at radius 2 is 1.34 bits per heavy atom. The fourth-order valence-electron chi connectivity index (χ4n) is 8.61. The van der Waals surface area contributed by atoms with Crippen LogP contribution in [0, 0.1) is 16.7 Å². The largest absolute Gasteiger partial charge is 0.356 e. The minimum absolute atomic E-state index is 0.0494. The number of hydrogen-bond acceptors (Lipinski definition) is 7. The molecule has 2 heterocycles. The highest BCUT2D eigenvalue weighted by atomic mass is 16.2. The van der Waals surface area contributed by atoms with Crippen molar-refractivity contribution in [2.24, 2.45) is 28.2 Å². The van der Waals surface area contributed by atoms with Crippen LogP contribution in [0.4, 0.5) is 0 Å². The van der Waals surface area contributed by atoms with Crippen LogP contribution in [0.3, 0.4) is 0 Å². The molecule has 5 amide bonds.